The molecule has 39 heavy (non-hydrogen) atoms. The van der Waals surface area contributed by atoms with Crippen LogP contribution in [0.15, 0.2) is 95.0 Å². The van der Waals surface area contributed by atoms with Gasteiger partial charge in [0.1, 0.15) is 36.4 Å². The van der Waals surface area contributed by atoms with Gasteiger partial charge in [0.25, 0.3) is 5.91 Å². The minimum absolute atomic E-state index is 0.0639. The zero-order valence-electron chi connectivity index (χ0n) is 20.9. The first-order chi connectivity index (χ1) is 18.8. The summed E-state index contributed by atoms with van der Waals surface area (Å²) in [6, 6.07) is 27.5. The monoisotopic (exact) mass is 620 g/mol. The fraction of sp³-hybridized carbons (Fsp3) is 0.0968. The van der Waals surface area contributed by atoms with Crippen molar-refractivity contribution >= 4 is 56.8 Å². The minimum atomic E-state index is -0.538. The number of nitrogens with one attached hydrogen (secondary N) is 1. The number of hydrogen-bond acceptors (Lipinski definition) is 4. The molecule has 0 aliphatic rings. The van der Waals surface area contributed by atoms with Gasteiger partial charge in [0.05, 0.1) is 0 Å². The van der Waals surface area contributed by atoms with Crippen LogP contribution >= 0.6 is 39.1 Å². The Morgan fingerprint density at radius 3 is 2.38 bits per heavy atom. The summed E-state index contributed by atoms with van der Waals surface area (Å²) in [5.41, 5.74) is 4.04. The van der Waals surface area contributed by atoms with Gasteiger partial charge in [-0.15, -0.1) is 0 Å². The van der Waals surface area contributed by atoms with E-state index >= 15 is 0 Å². The molecule has 0 spiro atoms. The molecule has 0 unspecified atom stereocenters. The SMILES string of the molecule is Cc1ccc(COc2ccc(Br)cc2/C=C(\C#N)C(=O)Nc2ccc(OCc3ccc(Cl)cc3Cl)cc2)cc1. The van der Waals surface area contributed by atoms with Crippen LogP contribution < -0.4 is 14.8 Å². The van der Waals surface area contributed by atoms with Crippen LogP contribution in [0.25, 0.3) is 6.08 Å². The topological polar surface area (TPSA) is 71.3 Å². The number of nitriles is 1. The lowest BCUT2D eigenvalue weighted by molar-refractivity contribution is -0.112. The Bertz CT molecular complexity index is 1550. The Balaban J connectivity index is 1.42. The number of amides is 1. The van der Waals surface area contributed by atoms with Gasteiger partial charge in [0, 0.05) is 31.3 Å². The van der Waals surface area contributed by atoms with Gasteiger partial charge in [-0.25, -0.2) is 0 Å². The Labute approximate surface area is 245 Å². The van der Waals surface area contributed by atoms with Crippen LogP contribution in [0.5, 0.6) is 11.5 Å². The number of aryl methyl sites for hydroxylation is 1. The molecule has 0 atom stereocenters. The first-order valence-corrected chi connectivity index (χ1v) is 13.4. The molecule has 8 heteroatoms. The van der Waals surface area contributed by atoms with Crippen LogP contribution in [-0.4, -0.2) is 5.91 Å². The number of benzene rings is 4. The van der Waals surface area contributed by atoms with E-state index in [1.165, 1.54) is 11.6 Å². The average molecular weight is 622 g/mol. The van der Waals surface area contributed by atoms with Crippen LogP contribution in [0, 0.1) is 18.3 Å². The predicted octanol–water partition coefficient (Wildman–Crippen LogP) is 8.77. The maximum absolute atomic E-state index is 12.9. The summed E-state index contributed by atoms with van der Waals surface area (Å²) in [5, 5.41) is 13.6. The molecule has 0 aliphatic heterocycles. The van der Waals surface area contributed by atoms with Crippen molar-refractivity contribution in [3.05, 3.63) is 127 Å². The Kier molecular flexibility index (Phi) is 9.67. The highest BCUT2D eigenvalue weighted by Crippen LogP contribution is 2.27. The van der Waals surface area contributed by atoms with E-state index < -0.39 is 5.91 Å². The summed E-state index contributed by atoms with van der Waals surface area (Å²) in [7, 11) is 0. The van der Waals surface area contributed by atoms with E-state index in [4.69, 9.17) is 32.7 Å². The lowest BCUT2D eigenvalue weighted by atomic mass is 10.1. The number of rotatable bonds is 9. The summed E-state index contributed by atoms with van der Waals surface area (Å²) >= 11 is 15.6. The fourth-order valence-corrected chi connectivity index (χ4v) is 4.39. The van der Waals surface area contributed by atoms with Gasteiger partial charge >= 0.3 is 0 Å². The number of ether oxygens (including phenoxy) is 2. The summed E-state index contributed by atoms with van der Waals surface area (Å²) in [6.07, 6.45) is 1.51. The zero-order chi connectivity index (χ0) is 27.8. The van der Waals surface area contributed by atoms with Crippen LogP contribution in [0.1, 0.15) is 22.3 Å². The van der Waals surface area contributed by atoms with Gasteiger partial charge in [-0.05, 0) is 73.2 Å². The van der Waals surface area contributed by atoms with E-state index in [1.807, 2.05) is 43.3 Å². The number of halogens is 3. The number of carbonyl (C=O) groups is 1. The van der Waals surface area contributed by atoms with E-state index in [9.17, 15) is 10.1 Å². The van der Waals surface area contributed by atoms with Gasteiger partial charge in [-0.3, -0.25) is 4.79 Å². The van der Waals surface area contributed by atoms with Crippen LogP contribution in [0.4, 0.5) is 5.69 Å². The minimum Gasteiger partial charge on any atom is -0.489 e. The van der Waals surface area contributed by atoms with Crippen molar-refractivity contribution in [2.45, 2.75) is 20.1 Å². The molecule has 0 fully saturated rings. The molecule has 5 nitrogen and oxygen atoms in total. The molecule has 4 rings (SSSR count). The molecular weight excluding hydrogens is 599 g/mol. The zero-order valence-corrected chi connectivity index (χ0v) is 24.0. The van der Waals surface area contributed by atoms with Crippen molar-refractivity contribution in [1.82, 2.24) is 0 Å². The summed E-state index contributed by atoms with van der Waals surface area (Å²) in [6.45, 7) is 2.65. The highest BCUT2D eigenvalue weighted by Gasteiger charge is 2.13. The van der Waals surface area contributed by atoms with Crippen molar-refractivity contribution in [1.29, 1.82) is 5.26 Å². The van der Waals surface area contributed by atoms with Crippen molar-refractivity contribution < 1.29 is 14.3 Å². The molecule has 4 aromatic carbocycles. The van der Waals surface area contributed by atoms with Gasteiger partial charge in [-0.2, -0.15) is 5.26 Å². The van der Waals surface area contributed by atoms with Crippen LogP contribution in [0.2, 0.25) is 10.0 Å². The lowest BCUT2D eigenvalue weighted by Gasteiger charge is -2.11. The van der Waals surface area contributed by atoms with Gasteiger partial charge in [0.15, 0.2) is 0 Å². The number of carbonyl (C=O) groups excluding carboxylic acids is 1. The smallest absolute Gasteiger partial charge is 0.266 e. The first-order valence-electron chi connectivity index (χ1n) is 11.9. The van der Waals surface area contributed by atoms with E-state index in [0.29, 0.717) is 39.4 Å². The van der Waals surface area contributed by atoms with Gasteiger partial charge < -0.3 is 14.8 Å². The van der Waals surface area contributed by atoms with Gasteiger partial charge in [-0.1, -0.05) is 75.0 Å². The third kappa shape index (κ3) is 8.11. The maximum Gasteiger partial charge on any atom is 0.266 e. The molecule has 4 aromatic rings. The normalized spacial score (nSPS) is 11.0. The summed E-state index contributed by atoms with van der Waals surface area (Å²) in [4.78, 5) is 12.9. The second-order valence-corrected chi connectivity index (χ2v) is 10.4. The highest BCUT2D eigenvalue weighted by molar-refractivity contribution is 9.10. The second kappa shape index (κ2) is 13.3. The molecule has 0 saturated carbocycles. The summed E-state index contributed by atoms with van der Waals surface area (Å²) < 4.78 is 12.6. The molecule has 0 saturated heterocycles. The third-order valence-corrected chi connectivity index (χ3v) is 6.75. The number of anilines is 1. The molecule has 196 valence electrons. The molecular formula is C31H23BrCl2N2O3. The predicted molar refractivity (Wildman–Crippen MR) is 159 cm³/mol. The lowest BCUT2D eigenvalue weighted by Crippen LogP contribution is -2.13. The summed E-state index contributed by atoms with van der Waals surface area (Å²) in [5.74, 6) is 0.616. The Morgan fingerprint density at radius 1 is 0.949 bits per heavy atom. The third-order valence-electron chi connectivity index (χ3n) is 5.67. The Morgan fingerprint density at radius 2 is 1.69 bits per heavy atom. The first kappa shape index (κ1) is 28.3. The van der Waals surface area contributed by atoms with E-state index in [-0.39, 0.29) is 12.2 Å². The van der Waals surface area contributed by atoms with Crippen molar-refractivity contribution in [2.75, 3.05) is 5.32 Å². The molecule has 0 aliphatic carbocycles. The maximum atomic E-state index is 12.9. The molecule has 0 heterocycles. The molecule has 1 N–H and O–H groups in total. The second-order valence-electron chi connectivity index (χ2n) is 8.63. The molecule has 0 bridgehead atoms. The number of hydrogen-bond donors (Lipinski definition) is 1. The molecule has 0 aromatic heterocycles. The highest BCUT2D eigenvalue weighted by atomic mass is 79.9. The fourth-order valence-electron chi connectivity index (χ4n) is 3.55. The van der Waals surface area contributed by atoms with Gasteiger partial charge in [0.2, 0.25) is 0 Å². The van der Waals surface area contributed by atoms with Crippen LogP contribution in [-0.2, 0) is 18.0 Å². The van der Waals surface area contributed by atoms with Crippen molar-refractivity contribution in [3.63, 3.8) is 0 Å². The van der Waals surface area contributed by atoms with E-state index in [1.54, 1.807) is 54.6 Å². The average Bonchev–Trinajstić information content (AvgIpc) is 2.92. The van der Waals surface area contributed by atoms with E-state index in [0.717, 1.165) is 15.6 Å². The van der Waals surface area contributed by atoms with Crippen molar-refractivity contribution in [3.8, 4) is 17.6 Å². The largest absolute Gasteiger partial charge is 0.489 e. The van der Waals surface area contributed by atoms with Crippen molar-refractivity contribution in [2.24, 2.45) is 0 Å². The standard InChI is InChI=1S/C31H23BrCl2N2O3/c1-20-2-4-21(5-3-20)18-39-30-13-7-25(32)15-23(30)14-24(17-35)31(37)36-27-9-11-28(12-10-27)38-19-22-6-8-26(33)16-29(22)34/h2-16H,18-19H2,1H3,(H,36,37)/b24-14+. The van der Waals surface area contributed by atoms with Crippen LogP contribution in [0.3, 0.4) is 0 Å². The van der Waals surface area contributed by atoms with E-state index in [2.05, 4.69) is 21.2 Å². The molecule has 0 radical (unpaired) electrons. The quantitative estimate of drug-likeness (QED) is 0.150. The molecule has 1 amide bonds. The Hall–Kier alpha value is -3.76. The number of nitrogens with zero attached hydrogens (tertiary/aromatic N) is 1.